The van der Waals surface area contributed by atoms with Gasteiger partial charge in [0.1, 0.15) is 12.4 Å². The zero-order valence-corrected chi connectivity index (χ0v) is 22.8. The fourth-order valence-electron chi connectivity index (χ4n) is 3.35. The Labute approximate surface area is 222 Å². The number of hydrogen-bond acceptors (Lipinski definition) is 2. The average molecular weight is 739 g/mol. The molecular weight excluding hydrogens is 723 g/mol. The van der Waals surface area contributed by atoms with Crippen LogP contribution in [0.3, 0.4) is 0 Å². The van der Waals surface area contributed by atoms with Crippen LogP contribution < -0.4 is 4.74 Å². The van der Waals surface area contributed by atoms with Gasteiger partial charge in [-0.1, -0.05) is 54.6 Å². The van der Waals surface area contributed by atoms with Crippen LogP contribution in [0.15, 0.2) is 78.9 Å². The van der Waals surface area contributed by atoms with Crippen molar-refractivity contribution >= 4 is 90.2 Å². The molecule has 0 heterocycles. The highest BCUT2D eigenvalue weighted by Gasteiger charge is 2.11. The van der Waals surface area contributed by atoms with Gasteiger partial charge in [0.2, 0.25) is 0 Å². The van der Waals surface area contributed by atoms with Gasteiger partial charge in [0.05, 0.1) is 18.8 Å². The number of nitrogens with zero attached hydrogens (tertiary/aromatic N) is 1. The zero-order chi connectivity index (χ0) is 21.8. The van der Waals surface area contributed by atoms with Gasteiger partial charge in [0.15, 0.2) is 0 Å². The quantitative estimate of drug-likeness (QED) is 0.117. The van der Waals surface area contributed by atoms with Gasteiger partial charge in [0.25, 0.3) is 0 Å². The van der Waals surface area contributed by atoms with Crippen molar-refractivity contribution in [1.29, 1.82) is 5.26 Å². The van der Waals surface area contributed by atoms with Crippen molar-refractivity contribution in [2.75, 3.05) is 0 Å². The Morgan fingerprint density at radius 2 is 1.55 bits per heavy atom. The van der Waals surface area contributed by atoms with E-state index in [0.29, 0.717) is 12.2 Å². The molecule has 4 rings (SSSR count). The van der Waals surface area contributed by atoms with Crippen molar-refractivity contribution in [1.82, 2.24) is 0 Å². The molecular formula is C26H16I3NO. The van der Waals surface area contributed by atoms with Crippen LogP contribution >= 0.6 is 67.8 Å². The molecule has 0 fully saturated rings. The van der Waals surface area contributed by atoms with Crippen LogP contribution in [0.4, 0.5) is 0 Å². The molecule has 2 nitrogen and oxygen atoms in total. The summed E-state index contributed by atoms with van der Waals surface area (Å²) in [4.78, 5) is 0. The number of rotatable bonds is 5. The second-order valence-electron chi connectivity index (χ2n) is 6.92. The van der Waals surface area contributed by atoms with Crippen LogP contribution in [0.5, 0.6) is 5.75 Å². The summed E-state index contributed by atoms with van der Waals surface area (Å²) in [6.07, 6.45) is 1.93. The molecule has 31 heavy (non-hydrogen) atoms. The van der Waals surface area contributed by atoms with Gasteiger partial charge >= 0.3 is 0 Å². The molecule has 4 aromatic rings. The maximum Gasteiger partial charge on any atom is 0.146 e. The van der Waals surface area contributed by atoms with Crippen molar-refractivity contribution in [3.8, 4) is 11.8 Å². The molecule has 0 atom stereocenters. The molecule has 0 saturated carbocycles. The predicted octanol–water partition coefficient (Wildman–Crippen LogP) is 8.30. The Morgan fingerprint density at radius 3 is 2.26 bits per heavy atom. The minimum Gasteiger partial charge on any atom is -0.487 e. The maximum absolute atomic E-state index is 9.65. The summed E-state index contributed by atoms with van der Waals surface area (Å²) in [5, 5.41) is 12.1. The molecule has 0 saturated heterocycles. The molecule has 0 aliphatic heterocycles. The van der Waals surface area contributed by atoms with E-state index < -0.39 is 0 Å². The third-order valence-electron chi connectivity index (χ3n) is 4.86. The van der Waals surface area contributed by atoms with Crippen molar-refractivity contribution in [3.63, 3.8) is 0 Å². The van der Waals surface area contributed by atoms with Crippen molar-refractivity contribution in [2.24, 2.45) is 0 Å². The summed E-state index contributed by atoms with van der Waals surface area (Å²) in [7, 11) is 0. The normalized spacial score (nSPS) is 11.4. The lowest BCUT2D eigenvalue weighted by atomic mass is 10.0. The fraction of sp³-hybridized carbons (Fsp3) is 0.0385. The third-order valence-corrected chi connectivity index (χ3v) is 7.18. The predicted molar refractivity (Wildman–Crippen MR) is 153 cm³/mol. The van der Waals surface area contributed by atoms with E-state index in [4.69, 9.17) is 4.74 Å². The van der Waals surface area contributed by atoms with E-state index in [9.17, 15) is 5.26 Å². The number of halogens is 3. The number of nitriles is 1. The Morgan fingerprint density at radius 1 is 0.871 bits per heavy atom. The first-order valence-corrected chi connectivity index (χ1v) is 12.7. The minimum absolute atomic E-state index is 0.509. The first kappa shape index (κ1) is 22.6. The molecule has 0 radical (unpaired) electrons. The van der Waals surface area contributed by atoms with Gasteiger partial charge in [-0.05, 0) is 126 Å². The molecule has 4 aromatic carbocycles. The molecule has 0 aromatic heterocycles. The highest BCUT2D eigenvalue weighted by Crippen LogP contribution is 2.32. The lowest BCUT2D eigenvalue weighted by Crippen LogP contribution is -2.00. The maximum atomic E-state index is 9.65. The smallest absolute Gasteiger partial charge is 0.146 e. The van der Waals surface area contributed by atoms with E-state index in [1.54, 1.807) is 0 Å². The first-order chi connectivity index (χ1) is 15.0. The standard InChI is InChI=1S/C26H16I3NO/c27-22-10-8-18(9-11-22)21(15-30)12-17-13-24(28)26(25(29)14-17)31-16-20-6-3-5-19-4-1-2-7-23(19)20/h1-14H,16H2/b21-12-. The summed E-state index contributed by atoms with van der Waals surface area (Å²) in [6.45, 7) is 0.509. The average Bonchev–Trinajstić information content (AvgIpc) is 2.77. The molecule has 0 N–H and O–H groups in total. The van der Waals surface area contributed by atoms with Crippen LogP contribution in [0.25, 0.3) is 22.4 Å². The largest absolute Gasteiger partial charge is 0.487 e. The molecule has 5 heteroatoms. The van der Waals surface area contributed by atoms with Gasteiger partial charge in [-0.2, -0.15) is 5.26 Å². The monoisotopic (exact) mass is 739 g/mol. The van der Waals surface area contributed by atoms with Gasteiger partial charge in [0, 0.05) is 3.57 Å². The van der Waals surface area contributed by atoms with Gasteiger partial charge < -0.3 is 4.74 Å². The summed E-state index contributed by atoms with van der Waals surface area (Å²) in [5.74, 6) is 0.874. The second-order valence-corrected chi connectivity index (χ2v) is 10.5. The minimum atomic E-state index is 0.509. The lowest BCUT2D eigenvalue weighted by Gasteiger charge is -2.13. The van der Waals surface area contributed by atoms with Gasteiger partial charge in [-0.25, -0.2) is 0 Å². The van der Waals surface area contributed by atoms with Crippen molar-refractivity contribution < 1.29 is 4.74 Å². The van der Waals surface area contributed by atoms with Crippen LogP contribution in [0.1, 0.15) is 16.7 Å². The fourth-order valence-corrected chi connectivity index (χ4v) is 5.83. The van der Waals surface area contributed by atoms with Crippen LogP contribution in [0.2, 0.25) is 0 Å². The number of benzene rings is 4. The van der Waals surface area contributed by atoms with Crippen LogP contribution in [-0.2, 0) is 6.61 Å². The van der Waals surface area contributed by atoms with Gasteiger partial charge in [-0.15, -0.1) is 0 Å². The Balaban J connectivity index is 1.60. The number of fused-ring (bicyclic) bond motifs is 1. The molecule has 0 unspecified atom stereocenters. The van der Waals surface area contributed by atoms with E-state index in [0.717, 1.165) is 27.6 Å². The summed E-state index contributed by atoms with van der Waals surface area (Å²) in [5.41, 5.74) is 3.72. The van der Waals surface area contributed by atoms with Gasteiger partial charge in [-0.3, -0.25) is 0 Å². The van der Waals surface area contributed by atoms with E-state index >= 15 is 0 Å². The Kier molecular flexibility index (Phi) is 7.51. The molecule has 0 aliphatic carbocycles. The van der Waals surface area contributed by atoms with E-state index in [1.165, 1.54) is 16.3 Å². The first-order valence-electron chi connectivity index (χ1n) is 9.51. The lowest BCUT2D eigenvalue weighted by molar-refractivity contribution is 0.303. The summed E-state index contributed by atoms with van der Waals surface area (Å²) in [6, 6.07) is 29.1. The van der Waals surface area contributed by atoms with Crippen LogP contribution in [-0.4, -0.2) is 0 Å². The van der Waals surface area contributed by atoms with Crippen molar-refractivity contribution in [3.05, 3.63) is 106 Å². The third kappa shape index (κ3) is 5.41. The topological polar surface area (TPSA) is 33.0 Å². The highest BCUT2D eigenvalue weighted by molar-refractivity contribution is 14.1. The molecule has 0 bridgehead atoms. The molecule has 0 spiro atoms. The van der Waals surface area contributed by atoms with E-state index in [2.05, 4.69) is 128 Å². The molecule has 0 aliphatic rings. The Hall–Kier alpha value is -1.64. The zero-order valence-electron chi connectivity index (χ0n) is 16.3. The number of ether oxygens (including phenoxy) is 1. The second kappa shape index (κ2) is 10.3. The Bertz CT molecular complexity index is 1290. The van der Waals surface area contributed by atoms with E-state index in [1.807, 2.05) is 30.3 Å². The van der Waals surface area contributed by atoms with E-state index in [-0.39, 0.29) is 0 Å². The molecule has 0 amide bonds. The summed E-state index contributed by atoms with van der Waals surface area (Å²) < 4.78 is 9.44. The number of hydrogen-bond donors (Lipinski definition) is 0. The summed E-state index contributed by atoms with van der Waals surface area (Å²) >= 11 is 6.88. The highest BCUT2D eigenvalue weighted by atomic mass is 127. The van der Waals surface area contributed by atoms with Crippen LogP contribution in [0, 0.1) is 22.0 Å². The SMILES string of the molecule is N#C/C(=C/c1cc(I)c(OCc2cccc3ccccc23)c(I)c1)c1ccc(I)cc1. The molecule has 152 valence electrons. The van der Waals surface area contributed by atoms with Crippen molar-refractivity contribution in [2.45, 2.75) is 6.61 Å². The number of allylic oxidation sites excluding steroid dienone is 1.